The molecule has 0 atom stereocenters. The molecule has 4 heterocycles. The molecule has 1 amide bonds. The number of hydrogen-bond donors (Lipinski definition) is 0. The number of pyridine rings is 2. The molecule has 4 rings (SSSR count). The third-order valence-corrected chi connectivity index (χ3v) is 5.39. The topological polar surface area (TPSA) is 63.9 Å². The summed E-state index contributed by atoms with van der Waals surface area (Å²) >= 11 is 0. The minimum atomic E-state index is 0.237. The normalized spacial score (nSPS) is 14.9. The lowest BCUT2D eigenvalue weighted by Gasteiger charge is -2.32. The number of likely N-dealkylation sites (tertiary alicyclic amines) is 1. The van der Waals surface area contributed by atoms with Crippen molar-refractivity contribution in [2.45, 2.75) is 38.1 Å². The second kappa shape index (κ2) is 8.78. The van der Waals surface area contributed by atoms with E-state index in [2.05, 4.69) is 25.6 Å². The van der Waals surface area contributed by atoms with E-state index in [4.69, 9.17) is 0 Å². The molecule has 0 radical (unpaired) electrons. The van der Waals surface area contributed by atoms with Gasteiger partial charge in [-0.1, -0.05) is 12.1 Å². The molecular formula is C22H25N5O. The van der Waals surface area contributed by atoms with Crippen LogP contribution in [0.25, 0.3) is 0 Å². The number of aromatic nitrogens is 4. The zero-order chi connectivity index (χ0) is 19.2. The van der Waals surface area contributed by atoms with Crippen LogP contribution < -0.4 is 0 Å². The van der Waals surface area contributed by atoms with Gasteiger partial charge in [0.05, 0.1) is 6.54 Å². The molecule has 1 fully saturated rings. The van der Waals surface area contributed by atoms with E-state index in [0.29, 0.717) is 12.3 Å². The van der Waals surface area contributed by atoms with Gasteiger partial charge in [0.25, 0.3) is 0 Å². The molecule has 0 aliphatic carbocycles. The maximum Gasteiger partial charge on any atom is 0.222 e. The van der Waals surface area contributed by atoms with Gasteiger partial charge in [-0.2, -0.15) is 0 Å². The molecular weight excluding hydrogens is 350 g/mol. The van der Waals surface area contributed by atoms with Crippen LogP contribution in [0.5, 0.6) is 0 Å². The lowest BCUT2D eigenvalue weighted by Crippen LogP contribution is -2.38. The molecule has 1 saturated heterocycles. The molecule has 28 heavy (non-hydrogen) atoms. The zero-order valence-corrected chi connectivity index (χ0v) is 15.9. The van der Waals surface area contributed by atoms with Crippen molar-refractivity contribution in [2.75, 3.05) is 13.1 Å². The van der Waals surface area contributed by atoms with Crippen molar-refractivity contribution in [3.8, 4) is 0 Å². The van der Waals surface area contributed by atoms with Crippen molar-refractivity contribution in [1.29, 1.82) is 0 Å². The molecule has 1 aliphatic heterocycles. The Hall–Kier alpha value is -3.02. The summed E-state index contributed by atoms with van der Waals surface area (Å²) in [7, 11) is 0. The van der Waals surface area contributed by atoms with Crippen molar-refractivity contribution < 1.29 is 4.79 Å². The number of piperidine rings is 1. The highest BCUT2D eigenvalue weighted by Crippen LogP contribution is 2.27. The Morgan fingerprint density at radius 3 is 2.39 bits per heavy atom. The summed E-state index contributed by atoms with van der Waals surface area (Å²) in [4.78, 5) is 27.5. The summed E-state index contributed by atoms with van der Waals surface area (Å²) in [6.45, 7) is 2.39. The first kappa shape index (κ1) is 18.3. The monoisotopic (exact) mass is 375 g/mol. The van der Waals surface area contributed by atoms with E-state index in [9.17, 15) is 4.79 Å². The molecule has 0 bridgehead atoms. The van der Waals surface area contributed by atoms with E-state index >= 15 is 0 Å². The molecule has 3 aromatic heterocycles. The number of hydrogen-bond acceptors (Lipinski definition) is 4. The average molecular weight is 375 g/mol. The summed E-state index contributed by atoms with van der Waals surface area (Å²) in [6.07, 6.45) is 14.4. The summed E-state index contributed by atoms with van der Waals surface area (Å²) in [5.74, 6) is 1.75. The molecule has 144 valence electrons. The minimum absolute atomic E-state index is 0.237. The average Bonchev–Trinajstić information content (AvgIpc) is 3.21. The van der Waals surface area contributed by atoms with Crippen LogP contribution >= 0.6 is 0 Å². The molecule has 1 aliphatic rings. The Bertz CT molecular complexity index is 886. The quantitative estimate of drug-likeness (QED) is 0.664. The lowest BCUT2D eigenvalue weighted by molar-refractivity contribution is -0.132. The Balaban J connectivity index is 1.31. The van der Waals surface area contributed by atoms with Crippen molar-refractivity contribution in [2.24, 2.45) is 0 Å². The first-order chi connectivity index (χ1) is 13.8. The van der Waals surface area contributed by atoms with Gasteiger partial charge in [-0.15, -0.1) is 0 Å². The standard InChI is InChI=1S/C22H25N5O/c28-21(6-5-18-3-1-9-23-15-18)26-12-7-20(8-13-26)22-25-11-14-27(22)17-19-4-2-10-24-16-19/h1-4,9-11,14-16,20H,5-8,12-13,17H2. The van der Waals surface area contributed by atoms with Gasteiger partial charge in [0.15, 0.2) is 0 Å². The maximum atomic E-state index is 12.6. The summed E-state index contributed by atoms with van der Waals surface area (Å²) in [6, 6.07) is 7.98. The number of nitrogens with zero attached hydrogens (tertiary/aromatic N) is 5. The SMILES string of the molecule is O=C(CCc1cccnc1)N1CCC(c2nccn2Cc2cccnc2)CC1. The van der Waals surface area contributed by atoms with Crippen LogP contribution in [-0.2, 0) is 17.8 Å². The maximum absolute atomic E-state index is 12.6. The highest BCUT2D eigenvalue weighted by molar-refractivity contribution is 5.76. The van der Waals surface area contributed by atoms with Gasteiger partial charge in [0, 0.05) is 62.6 Å². The van der Waals surface area contributed by atoms with Gasteiger partial charge in [-0.25, -0.2) is 4.98 Å². The number of carbonyl (C=O) groups is 1. The molecule has 0 spiro atoms. The van der Waals surface area contributed by atoms with E-state index in [1.165, 1.54) is 5.56 Å². The second-order valence-electron chi connectivity index (χ2n) is 7.29. The molecule has 0 aromatic carbocycles. The fourth-order valence-corrected chi connectivity index (χ4v) is 3.85. The fraction of sp³-hybridized carbons (Fsp3) is 0.364. The highest BCUT2D eigenvalue weighted by atomic mass is 16.2. The van der Waals surface area contributed by atoms with Gasteiger partial charge in [0.2, 0.25) is 5.91 Å². The van der Waals surface area contributed by atoms with Gasteiger partial charge in [-0.3, -0.25) is 14.8 Å². The van der Waals surface area contributed by atoms with E-state index in [1.807, 2.05) is 47.9 Å². The van der Waals surface area contributed by atoms with Crippen LogP contribution in [0.1, 0.15) is 42.1 Å². The van der Waals surface area contributed by atoms with Crippen LogP contribution in [0, 0.1) is 0 Å². The van der Waals surface area contributed by atoms with Gasteiger partial charge < -0.3 is 9.47 Å². The Labute approximate surface area is 165 Å². The largest absolute Gasteiger partial charge is 0.343 e. The first-order valence-electron chi connectivity index (χ1n) is 9.86. The Morgan fingerprint density at radius 1 is 1.00 bits per heavy atom. The summed E-state index contributed by atoms with van der Waals surface area (Å²) in [5, 5.41) is 0. The van der Waals surface area contributed by atoms with Gasteiger partial charge >= 0.3 is 0 Å². The van der Waals surface area contributed by atoms with Crippen molar-refractivity contribution in [3.05, 3.63) is 78.4 Å². The van der Waals surface area contributed by atoms with E-state index in [-0.39, 0.29) is 5.91 Å². The van der Waals surface area contributed by atoms with Gasteiger partial charge in [-0.05, 0) is 42.5 Å². The number of carbonyl (C=O) groups excluding carboxylic acids is 1. The van der Waals surface area contributed by atoms with E-state index in [1.54, 1.807) is 12.4 Å². The Kier molecular flexibility index (Phi) is 5.75. The minimum Gasteiger partial charge on any atom is -0.343 e. The molecule has 0 N–H and O–H groups in total. The zero-order valence-electron chi connectivity index (χ0n) is 15.9. The van der Waals surface area contributed by atoms with E-state index in [0.717, 1.165) is 50.3 Å². The van der Waals surface area contributed by atoms with Crippen LogP contribution in [0.3, 0.4) is 0 Å². The number of rotatable bonds is 6. The molecule has 0 unspecified atom stereocenters. The number of imidazole rings is 1. The summed E-state index contributed by atoms with van der Waals surface area (Å²) < 4.78 is 2.21. The van der Waals surface area contributed by atoms with Crippen LogP contribution in [0.2, 0.25) is 0 Å². The molecule has 3 aromatic rings. The van der Waals surface area contributed by atoms with Crippen molar-refractivity contribution in [1.82, 2.24) is 24.4 Å². The van der Waals surface area contributed by atoms with Crippen LogP contribution in [0.4, 0.5) is 0 Å². The predicted molar refractivity (Wildman–Crippen MR) is 107 cm³/mol. The Morgan fingerprint density at radius 2 is 1.71 bits per heavy atom. The number of aryl methyl sites for hydroxylation is 1. The summed E-state index contributed by atoms with van der Waals surface area (Å²) in [5.41, 5.74) is 2.29. The lowest BCUT2D eigenvalue weighted by atomic mass is 9.95. The van der Waals surface area contributed by atoms with Gasteiger partial charge in [0.1, 0.15) is 5.82 Å². The second-order valence-corrected chi connectivity index (χ2v) is 7.29. The van der Waals surface area contributed by atoms with Crippen LogP contribution in [0.15, 0.2) is 61.4 Å². The highest BCUT2D eigenvalue weighted by Gasteiger charge is 2.26. The first-order valence-corrected chi connectivity index (χ1v) is 9.86. The molecule has 6 nitrogen and oxygen atoms in total. The fourth-order valence-electron chi connectivity index (χ4n) is 3.85. The van der Waals surface area contributed by atoms with E-state index < -0.39 is 0 Å². The molecule has 6 heteroatoms. The third kappa shape index (κ3) is 4.44. The molecule has 0 saturated carbocycles. The predicted octanol–water partition coefficient (Wildman–Crippen LogP) is 3.06. The third-order valence-electron chi connectivity index (χ3n) is 5.39. The van der Waals surface area contributed by atoms with Crippen molar-refractivity contribution in [3.63, 3.8) is 0 Å². The van der Waals surface area contributed by atoms with Crippen LogP contribution in [-0.4, -0.2) is 43.4 Å². The number of amides is 1. The smallest absolute Gasteiger partial charge is 0.222 e. The van der Waals surface area contributed by atoms with Crippen molar-refractivity contribution >= 4 is 5.91 Å².